The molecule has 0 bridgehead atoms. The standard InChI is InChI=1S/C12H14Br2O4/c1-3-4-5-18-11-9(14)8(13)6(2)7(10(11)15)12(16)17/h15H,3-5H2,1-2H3,(H,16,17). The van der Waals surface area contributed by atoms with E-state index in [4.69, 9.17) is 9.84 Å². The van der Waals surface area contributed by atoms with Crippen molar-refractivity contribution in [3.8, 4) is 11.5 Å². The van der Waals surface area contributed by atoms with E-state index in [0.717, 1.165) is 12.8 Å². The Balaban J connectivity index is 3.29. The first-order valence-corrected chi connectivity index (χ1v) is 7.07. The SMILES string of the molecule is CCCCOc1c(O)c(C(=O)O)c(C)c(Br)c1Br. The molecule has 0 aliphatic carbocycles. The van der Waals surface area contributed by atoms with Gasteiger partial charge in [0.2, 0.25) is 0 Å². The van der Waals surface area contributed by atoms with Crippen molar-refractivity contribution in [3.63, 3.8) is 0 Å². The fourth-order valence-electron chi connectivity index (χ4n) is 1.48. The lowest BCUT2D eigenvalue weighted by atomic mass is 10.1. The van der Waals surface area contributed by atoms with Gasteiger partial charge in [0.25, 0.3) is 0 Å². The van der Waals surface area contributed by atoms with Crippen molar-refractivity contribution in [2.45, 2.75) is 26.7 Å². The van der Waals surface area contributed by atoms with Gasteiger partial charge in [-0.3, -0.25) is 0 Å². The third-order valence-electron chi connectivity index (χ3n) is 2.51. The van der Waals surface area contributed by atoms with E-state index in [1.165, 1.54) is 0 Å². The molecule has 0 radical (unpaired) electrons. The Hall–Kier alpha value is -0.750. The van der Waals surface area contributed by atoms with E-state index in [0.29, 0.717) is 21.1 Å². The fourth-order valence-corrected chi connectivity index (χ4v) is 2.46. The zero-order chi connectivity index (χ0) is 13.9. The molecule has 0 heterocycles. The number of carbonyl (C=O) groups is 1. The molecule has 0 saturated carbocycles. The Bertz CT molecular complexity index is 472. The number of halogens is 2. The van der Waals surface area contributed by atoms with Crippen molar-refractivity contribution in [1.29, 1.82) is 0 Å². The van der Waals surface area contributed by atoms with Gasteiger partial charge in [-0.05, 0) is 50.8 Å². The highest BCUT2D eigenvalue weighted by molar-refractivity contribution is 9.13. The molecular formula is C12H14Br2O4. The molecule has 1 aromatic carbocycles. The van der Waals surface area contributed by atoms with Crippen molar-refractivity contribution >= 4 is 37.8 Å². The molecule has 2 N–H and O–H groups in total. The molecule has 0 atom stereocenters. The minimum atomic E-state index is -1.18. The van der Waals surface area contributed by atoms with E-state index in [1.807, 2.05) is 6.92 Å². The van der Waals surface area contributed by atoms with Crippen LogP contribution in [0, 0.1) is 6.92 Å². The largest absolute Gasteiger partial charge is 0.504 e. The minimum absolute atomic E-state index is 0.142. The third kappa shape index (κ3) is 2.98. The van der Waals surface area contributed by atoms with Gasteiger partial charge in [0.15, 0.2) is 11.5 Å². The Kier molecular flexibility index (Phi) is 5.47. The first-order chi connectivity index (χ1) is 8.41. The Morgan fingerprint density at radius 2 is 1.94 bits per heavy atom. The average Bonchev–Trinajstić information content (AvgIpc) is 2.30. The highest BCUT2D eigenvalue weighted by Gasteiger charge is 2.24. The smallest absolute Gasteiger partial charge is 0.339 e. The van der Waals surface area contributed by atoms with Crippen LogP contribution in [-0.4, -0.2) is 22.8 Å². The van der Waals surface area contributed by atoms with Gasteiger partial charge in [0.05, 0.1) is 11.1 Å². The Morgan fingerprint density at radius 3 is 2.44 bits per heavy atom. The number of ether oxygens (including phenoxy) is 1. The molecule has 0 saturated heterocycles. The predicted molar refractivity (Wildman–Crippen MR) is 75.6 cm³/mol. The average molecular weight is 382 g/mol. The summed E-state index contributed by atoms with van der Waals surface area (Å²) >= 11 is 6.58. The summed E-state index contributed by atoms with van der Waals surface area (Å²) in [6.07, 6.45) is 1.79. The van der Waals surface area contributed by atoms with Gasteiger partial charge >= 0.3 is 5.97 Å². The highest BCUT2D eigenvalue weighted by Crippen LogP contribution is 2.45. The summed E-state index contributed by atoms with van der Waals surface area (Å²) in [5, 5.41) is 19.1. The Morgan fingerprint density at radius 1 is 1.33 bits per heavy atom. The number of carboxylic acids is 1. The number of aromatic carboxylic acids is 1. The predicted octanol–water partition coefficient (Wildman–Crippen LogP) is 4.10. The summed E-state index contributed by atoms with van der Waals surface area (Å²) in [5.74, 6) is -1.36. The molecule has 0 aliphatic rings. The van der Waals surface area contributed by atoms with Gasteiger partial charge in [0.1, 0.15) is 5.56 Å². The zero-order valence-corrected chi connectivity index (χ0v) is 13.3. The lowest BCUT2D eigenvalue weighted by Crippen LogP contribution is -2.05. The molecule has 0 unspecified atom stereocenters. The van der Waals surface area contributed by atoms with E-state index in [9.17, 15) is 9.90 Å². The van der Waals surface area contributed by atoms with Crippen LogP contribution in [0.3, 0.4) is 0 Å². The molecule has 0 fully saturated rings. The molecule has 0 aromatic heterocycles. The summed E-state index contributed by atoms with van der Waals surface area (Å²) < 4.78 is 6.54. The highest BCUT2D eigenvalue weighted by atomic mass is 79.9. The number of phenols is 1. The lowest BCUT2D eigenvalue weighted by Gasteiger charge is -2.15. The van der Waals surface area contributed by atoms with E-state index < -0.39 is 5.97 Å². The van der Waals surface area contributed by atoms with E-state index in [1.54, 1.807) is 6.92 Å². The van der Waals surface area contributed by atoms with Crippen molar-refractivity contribution in [1.82, 2.24) is 0 Å². The van der Waals surface area contributed by atoms with Crippen LogP contribution in [0.2, 0.25) is 0 Å². The van der Waals surface area contributed by atoms with Crippen LogP contribution in [0.4, 0.5) is 0 Å². The van der Waals surface area contributed by atoms with Gasteiger partial charge in [-0.25, -0.2) is 4.79 Å². The molecule has 1 aromatic rings. The van der Waals surface area contributed by atoms with Crippen molar-refractivity contribution in [2.75, 3.05) is 6.61 Å². The van der Waals surface area contributed by atoms with Crippen LogP contribution in [0.15, 0.2) is 8.95 Å². The fraction of sp³-hybridized carbons (Fsp3) is 0.417. The summed E-state index contributed by atoms with van der Waals surface area (Å²) in [5.41, 5.74) is 0.311. The minimum Gasteiger partial charge on any atom is -0.504 e. The maximum Gasteiger partial charge on any atom is 0.339 e. The van der Waals surface area contributed by atoms with Gasteiger partial charge in [-0.2, -0.15) is 0 Å². The second-order valence-electron chi connectivity index (χ2n) is 3.81. The number of rotatable bonds is 5. The van der Waals surface area contributed by atoms with Crippen LogP contribution < -0.4 is 4.74 Å². The maximum atomic E-state index is 11.1. The summed E-state index contributed by atoms with van der Waals surface area (Å²) in [4.78, 5) is 11.1. The molecule has 0 spiro atoms. The van der Waals surface area contributed by atoms with Crippen LogP contribution in [-0.2, 0) is 0 Å². The second kappa shape index (κ2) is 6.43. The number of benzene rings is 1. The topological polar surface area (TPSA) is 66.8 Å². The number of unbranched alkanes of at least 4 members (excludes halogenated alkanes) is 1. The lowest BCUT2D eigenvalue weighted by molar-refractivity contribution is 0.0691. The molecular weight excluding hydrogens is 368 g/mol. The number of aromatic hydroxyl groups is 1. The zero-order valence-electron chi connectivity index (χ0n) is 10.1. The van der Waals surface area contributed by atoms with Gasteiger partial charge in [-0.1, -0.05) is 13.3 Å². The van der Waals surface area contributed by atoms with E-state index in [2.05, 4.69) is 31.9 Å². The molecule has 100 valence electrons. The summed E-state index contributed by atoms with van der Waals surface area (Å²) in [7, 11) is 0. The van der Waals surface area contributed by atoms with Gasteiger partial charge < -0.3 is 14.9 Å². The first-order valence-electron chi connectivity index (χ1n) is 5.48. The molecule has 6 heteroatoms. The van der Waals surface area contributed by atoms with Gasteiger partial charge in [0, 0.05) is 4.47 Å². The number of hydrogen-bond acceptors (Lipinski definition) is 3. The molecule has 4 nitrogen and oxygen atoms in total. The maximum absolute atomic E-state index is 11.1. The van der Waals surface area contributed by atoms with Crippen LogP contribution in [0.25, 0.3) is 0 Å². The monoisotopic (exact) mass is 380 g/mol. The van der Waals surface area contributed by atoms with Crippen LogP contribution in [0.1, 0.15) is 35.7 Å². The Labute approximate surface area is 122 Å². The molecule has 0 amide bonds. The van der Waals surface area contributed by atoms with Crippen LogP contribution in [0.5, 0.6) is 11.5 Å². The summed E-state index contributed by atoms with van der Waals surface area (Å²) in [6.45, 7) is 4.07. The quantitative estimate of drug-likeness (QED) is 0.753. The molecule has 0 aliphatic heterocycles. The normalized spacial score (nSPS) is 10.4. The summed E-state index contributed by atoms with van der Waals surface area (Å²) in [6, 6.07) is 0. The van der Waals surface area contributed by atoms with E-state index >= 15 is 0 Å². The number of carboxylic acid groups (broad SMARTS) is 1. The molecule has 18 heavy (non-hydrogen) atoms. The molecule has 1 rings (SSSR count). The second-order valence-corrected chi connectivity index (χ2v) is 5.40. The van der Waals surface area contributed by atoms with Crippen LogP contribution >= 0.6 is 31.9 Å². The van der Waals surface area contributed by atoms with Crippen molar-refractivity contribution < 1.29 is 19.7 Å². The number of hydrogen-bond donors (Lipinski definition) is 2. The van der Waals surface area contributed by atoms with Crippen molar-refractivity contribution in [3.05, 3.63) is 20.1 Å². The third-order valence-corrected chi connectivity index (χ3v) is 4.79. The van der Waals surface area contributed by atoms with Crippen molar-refractivity contribution in [2.24, 2.45) is 0 Å². The van der Waals surface area contributed by atoms with Gasteiger partial charge in [-0.15, -0.1) is 0 Å². The first kappa shape index (κ1) is 15.3. The van der Waals surface area contributed by atoms with E-state index in [-0.39, 0.29) is 17.1 Å².